The first-order valence-electron chi connectivity index (χ1n) is 7.98. The molecule has 4 aromatic rings. The lowest BCUT2D eigenvalue weighted by molar-refractivity contribution is 0.102. The predicted molar refractivity (Wildman–Crippen MR) is 97.6 cm³/mol. The van der Waals surface area contributed by atoms with Gasteiger partial charge in [0.1, 0.15) is 0 Å². The molecule has 2 aromatic heterocycles. The molecule has 0 saturated carbocycles. The number of hydrogen-bond donors (Lipinski definition) is 1. The lowest BCUT2D eigenvalue weighted by atomic mass is 10.1. The van der Waals surface area contributed by atoms with Crippen LogP contribution in [0.5, 0.6) is 0 Å². The maximum absolute atomic E-state index is 12.5. The highest BCUT2D eigenvalue weighted by molar-refractivity contribution is 6.05. The van der Waals surface area contributed by atoms with Crippen molar-refractivity contribution >= 4 is 17.4 Å². The molecule has 0 aliphatic carbocycles. The van der Waals surface area contributed by atoms with Gasteiger partial charge in [0.05, 0.1) is 5.69 Å². The normalized spacial score (nSPS) is 10.8. The maximum atomic E-state index is 12.5. The molecule has 0 bridgehead atoms. The largest absolute Gasteiger partial charge is 0.303 e. The zero-order chi connectivity index (χ0) is 17.2. The van der Waals surface area contributed by atoms with Gasteiger partial charge in [-0.25, -0.2) is 9.97 Å². The molecule has 0 fully saturated rings. The van der Waals surface area contributed by atoms with Crippen molar-refractivity contribution in [2.24, 2.45) is 0 Å². The Morgan fingerprint density at radius 3 is 2.56 bits per heavy atom. The number of benzene rings is 2. The highest BCUT2D eigenvalue weighted by Crippen LogP contribution is 2.22. The Morgan fingerprint density at radius 1 is 1.04 bits per heavy atom. The summed E-state index contributed by atoms with van der Waals surface area (Å²) in [7, 11) is 0. The summed E-state index contributed by atoms with van der Waals surface area (Å²) in [6, 6.07) is 17.3. The lowest BCUT2D eigenvalue weighted by Crippen LogP contribution is -2.13. The van der Waals surface area contributed by atoms with E-state index < -0.39 is 0 Å². The maximum Gasteiger partial charge on any atom is 0.256 e. The third kappa shape index (κ3) is 2.99. The van der Waals surface area contributed by atoms with Crippen LogP contribution in [-0.4, -0.2) is 20.3 Å². The van der Waals surface area contributed by atoms with Crippen LogP contribution >= 0.6 is 0 Å². The average molecular weight is 328 g/mol. The number of nitrogens with zero attached hydrogens (tertiary/aromatic N) is 3. The van der Waals surface area contributed by atoms with Crippen molar-refractivity contribution in [3.05, 3.63) is 84.3 Å². The van der Waals surface area contributed by atoms with E-state index in [1.807, 2.05) is 66.2 Å². The predicted octanol–water partition coefficient (Wildman–Crippen LogP) is 3.96. The number of imidazole rings is 1. The van der Waals surface area contributed by atoms with Crippen molar-refractivity contribution in [2.45, 2.75) is 6.92 Å². The van der Waals surface area contributed by atoms with Crippen molar-refractivity contribution in [2.75, 3.05) is 5.32 Å². The van der Waals surface area contributed by atoms with Gasteiger partial charge < -0.3 is 9.72 Å². The van der Waals surface area contributed by atoms with Crippen LogP contribution in [0.25, 0.3) is 16.9 Å². The first-order chi connectivity index (χ1) is 12.2. The molecular formula is C20H16N4O. The number of nitrogens with one attached hydrogen (secondary N) is 1. The molecule has 0 aliphatic rings. The van der Waals surface area contributed by atoms with E-state index in [1.54, 1.807) is 18.3 Å². The van der Waals surface area contributed by atoms with Crippen molar-refractivity contribution in [1.82, 2.24) is 14.4 Å². The van der Waals surface area contributed by atoms with Gasteiger partial charge in [-0.05, 0) is 19.1 Å². The van der Waals surface area contributed by atoms with Crippen LogP contribution in [0.2, 0.25) is 0 Å². The second-order valence-electron chi connectivity index (χ2n) is 5.82. The Hall–Kier alpha value is -3.47. The van der Waals surface area contributed by atoms with Crippen LogP contribution in [0, 0.1) is 6.92 Å². The molecule has 0 radical (unpaired) electrons. The van der Waals surface area contributed by atoms with Crippen LogP contribution in [0.1, 0.15) is 15.9 Å². The Bertz CT molecular complexity index is 1040. The third-order valence-corrected chi connectivity index (χ3v) is 3.99. The van der Waals surface area contributed by atoms with Gasteiger partial charge in [-0.1, -0.05) is 48.0 Å². The first kappa shape index (κ1) is 15.1. The number of rotatable bonds is 3. The number of hydrogen-bond acceptors (Lipinski definition) is 3. The van der Waals surface area contributed by atoms with E-state index in [9.17, 15) is 4.79 Å². The Morgan fingerprint density at radius 2 is 1.80 bits per heavy atom. The summed E-state index contributed by atoms with van der Waals surface area (Å²) >= 11 is 0. The standard InChI is InChI=1S/C20H16N4O/c1-14-7-9-16(10-8-14)20(25)23-18-19-22-17(13-24(19)12-11-21-18)15-5-3-2-4-6-15/h2-13H,1H3,(H,21,23,25). The van der Waals surface area contributed by atoms with Gasteiger partial charge in [-0.15, -0.1) is 0 Å². The second kappa shape index (κ2) is 6.20. The summed E-state index contributed by atoms with van der Waals surface area (Å²) < 4.78 is 1.86. The minimum absolute atomic E-state index is 0.204. The summed E-state index contributed by atoms with van der Waals surface area (Å²) in [6.45, 7) is 1.99. The fourth-order valence-electron chi connectivity index (χ4n) is 2.64. The van der Waals surface area contributed by atoms with Crippen molar-refractivity contribution < 1.29 is 4.79 Å². The second-order valence-corrected chi connectivity index (χ2v) is 5.82. The molecule has 1 amide bonds. The highest BCUT2D eigenvalue weighted by atomic mass is 16.1. The number of aromatic nitrogens is 3. The van der Waals surface area contributed by atoms with Gasteiger partial charge in [0.25, 0.3) is 5.91 Å². The minimum atomic E-state index is -0.204. The molecule has 4 rings (SSSR count). The summed E-state index contributed by atoms with van der Waals surface area (Å²) in [5.41, 5.74) is 4.16. The highest BCUT2D eigenvalue weighted by Gasteiger charge is 2.12. The van der Waals surface area contributed by atoms with Crippen LogP contribution in [0.3, 0.4) is 0 Å². The van der Waals surface area contributed by atoms with Crippen LogP contribution in [0.4, 0.5) is 5.82 Å². The molecule has 5 nitrogen and oxygen atoms in total. The van der Waals surface area contributed by atoms with E-state index in [2.05, 4.69) is 15.3 Å². The summed E-state index contributed by atoms with van der Waals surface area (Å²) in [6.07, 6.45) is 5.39. The summed E-state index contributed by atoms with van der Waals surface area (Å²) in [4.78, 5) is 21.4. The Labute approximate surface area is 145 Å². The van der Waals surface area contributed by atoms with Gasteiger partial charge in [-0.2, -0.15) is 0 Å². The van der Waals surface area contributed by atoms with Crippen LogP contribution in [0.15, 0.2) is 73.2 Å². The van der Waals surface area contributed by atoms with Gasteiger partial charge in [0, 0.05) is 29.7 Å². The van der Waals surface area contributed by atoms with E-state index >= 15 is 0 Å². The number of fused-ring (bicyclic) bond motifs is 1. The molecule has 0 unspecified atom stereocenters. The lowest BCUT2D eigenvalue weighted by Gasteiger charge is -2.05. The number of carbonyl (C=O) groups is 1. The molecule has 0 aliphatic heterocycles. The molecule has 5 heteroatoms. The molecule has 0 atom stereocenters. The van der Waals surface area contributed by atoms with E-state index in [1.165, 1.54) is 0 Å². The number of aryl methyl sites for hydroxylation is 1. The molecule has 2 heterocycles. The summed E-state index contributed by atoms with van der Waals surface area (Å²) in [5, 5.41) is 2.85. The van der Waals surface area contributed by atoms with E-state index in [4.69, 9.17) is 0 Å². The van der Waals surface area contributed by atoms with E-state index in [0.29, 0.717) is 17.0 Å². The van der Waals surface area contributed by atoms with E-state index in [0.717, 1.165) is 16.8 Å². The van der Waals surface area contributed by atoms with Gasteiger partial charge in [-0.3, -0.25) is 4.79 Å². The van der Waals surface area contributed by atoms with Crippen LogP contribution < -0.4 is 5.32 Å². The minimum Gasteiger partial charge on any atom is -0.303 e. The van der Waals surface area contributed by atoms with Crippen molar-refractivity contribution in [3.8, 4) is 11.3 Å². The molecule has 122 valence electrons. The molecule has 2 aromatic carbocycles. The molecule has 0 saturated heterocycles. The molecule has 25 heavy (non-hydrogen) atoms. The van der Waals surface area contributed by atoms with Crippen LogP contribution in [-0.2, 0) is 0 Å². The Kier molecular flexibility index (Phi) is 3.74. The fraction of sp³-hybridized carbons (Fsp3) is 0.0500. The molecule has 0 spiro atoms. The van der Waals surface area contributed by atoms with Gasteiger partial charge in [0.2, 0.25) is 0 Å². The SMILES string of the molecule is Cc1ccc(C(=O)Nc2nccn3cc(-c4ccccc4)nc23)cc1. The number of anilines is 1. The number of carbonyl (C=O) groups excluding carboxylic acids is 1. The van der Waals surface area contributed by atoms with E-state index in [-0.39, 0.29) is 5.91 Å². The zero-order valence-corrected chi connectivity index (χ0v) is 13.7. The third-order valence-electron chi connectivity index (χ3n) is 3.99. The number of amides is 1. The quantitative estimate of drug-likeness (QED) is 0.619. The smallest absolute Gasteiger partial charge is 0.256 e. The van der Waals surface area contributed by atoms with Crippen molar-refractivity contribution in [3.63, 3.8) is 0 Å². The fourth-order valence-corrected chi connectivity index (χ4v) is 2.64. The first-order valence-corrected chi connectivity index (χ1v) is 7.98. The van der Waals surface area contributed by atoms with Gasteiger partial charge >= 0.3 is 0 Å². The Balaban J connectivity index is 1.69. The summed E-state index contributed by atoms with van der Waals surface area (Å²) in [5.74, 6) is 0.236. The topological polar surface area (TPSA) is 59.3 Å². The van der Waals surface area contributed by atoms with Gasteiger partial charge in [0.15, 0.2) is 11.5 Å². The molecule has 1 N–H and O–H groups in total. The average Bonchev–Trinajstić information content (AvgIpc) is 3.08. The van der Waals surface area contributed by atoms with Crippen molar-refractivity contribution in [1.29, 1.82) is 0 Å². The monoisotopic (exact) mass is 328 g/mol. The zero-order valence-electron chi connectivity index (χ0n) is 13.7. The molecular weight excluding hydrogens is 312 g/mol.